The Kier molecular flexibility index (Phi) is 5.09. The molecule has 4 aromatic rings. The van der Waals surface area contributed by atoms with Crippen LogP contribution in [0.5, 0.6) is 0 Å². The molecule has 30 heavy (non-hydrogen) atoms. The third-order valence-corrected chi connectivity index (χ3v) is 4.68. The minimum Gasteiger partial charge on any atom is -0.348 e. The third-order valence-electron chi connectivity index (χ3n) is 4.68. The second-order valence-electron chi connectivity index (χ2n) is 6.61. The summed E-state index contributed by atoms with van der Waals surface area (Å²) in [5, 5.41) is 16.5. The summed E-state index contributed by atoms with van der Waals surface area (Å²) in [5.74, 6) is -0.643. The van der Waals surface area contributed by atoms with Crippen LogP contribution in [-0.2, 0) is 13.1 Å². The Morgan fingerprint density at radius 1 is 1.17 bits per heavy atom. The van der Waals surface area contributed by atoms with E-state index < -0.39 is 0 Å². The number of pyridine rings is 1. The number of benzene rings is 2. The molecule has 0 aliphatic rings. The molecule has 4 rings (SSSR count). The summed E-state index contributed by atoms with van der Waals surface area (Å²) in [5.41, 5.74) is 2.18. The minimum atomic E-state index is -0.337. The van der Waals surface area contributed by atoms with Crippen LogP contribution in [0.4, 0.5) is 4.39 Å². The molecule has 0 aliphatic heterocycles. The van der Waals surface area contributed by atoms with Gasteiger partial charge in [0, 0.05) is 24.2 Å². The first-order valence-corrected chi connectivity index (χ1v) is 9.14. The van der Waals surface area contributed by atoms with Gasteiger partial charge < -0.3 is 9.88 Å². The molecule has 0 saturated carbocycles. The van der Waals surface area contributed by atoms with E-state index in [9.17, 15) is 14.0 Å². The predicted molar refractivity (Wildman–Crippen MR) is 109 cm³/mol. The van der Waals surface area contributed by atoms with Crippen LogP contribution < -0.4 is 10.9 Å². The molecule has 1 N–H and O–H groups in total. The number of nitrogens with one attached hydrogen (secondary N) is 1. The van der Waals surface area contributed by atoms with Crippen molar-refractivity contribution in [3.8, 4) is 11.8 Å². The summed E-state index contributed by atoms with van der Waals surface area (Å²) in [6.07, 6.45) is 3.12. The van der Waals surface area contributed by atoms with E-state index in [1.54, 1.807) is 41.2 Å². The van der Waals surface area contributed by atoms with Crippen molar-refractivity contribution in [3.05, 3.63) is 94.3 Å². The largest absolute Gasteiger partial charge is 0.348 e. The lowest BCUT2D eigenvalue weighted by atomic mass is 10.1. The average Bonchev–Trinajstić information content (AvgIpc) is 3.18. The fourth-order valence-corrected chi connectivity index (χ4v) is 3.18. The van der Waals surface area contributed by atoms with Gasteiger partial charge in [0.25, 0.3) is 11.5 Å². The van der Waals surface area contributed by atoms with Crippen LogP contribution in [0.15, 0.2) is 71.8 Å². The van der Waals surface area contributed by atoms with Crippen LogP contribution in [0.25, 0.3) is 16.6 Å². The molecule has 7 nitrogen and oxygen atoms in total. The van der Waals surface area contributed by atoms with Crippen molar-refractivity contribution < 1.29 is 9.18 Å². The molecule has 0 unspecified atom stereocenters. The Bertz CT molecular complexity index is 1330. The standard InChI is InChI=1S/C22H16FN5O2/c23-16-4-6-17(7-5-16)28-20-3-1-2-18(19(20)14-26-28)22(30)25-13-15-8-10-27(11-9-24)21(29)12-15/h1-8,10,12,14H,11,13H2,(H,25,30). The summed E-state index contributed by atoms with van der Waals surface area (Å²) in [6.45, 7) is 0.148. The Labute approximate surface area is 170 Å². The first-order valence-electron chi connectivity index (χ1n) is 9.14. The number of carbonyl (C=O) groups is 1. The molecule has 0 bridgehead atoms. The monoisotopic (exact) mass is 401 g/mol. The number of aromatic nitrogens is 3. The van der Waals surface area contributed by atoms with Crippen LogP contribution in [0, 0.1) is 17.1 Å². The Morgan fingerprint density at radius 3 is 2.70 bits per heavy atom. The van der Waals surface area contributed by atoms with Crippen molar-refractivity contribution in [1.29, 1.82) is 5.26 Å². The molecule has 1 amide bonds. The van der Waals surface area contributed by atoms with Gasteiger partial charge in [0.05, 0.1) is 29.0 Å². The topological polar surface area (TPSA) is 92.7 Å². The Hall–Kier alpha value is -4.25. The normalized spacial score (nSPS) is 10.7. The van der Waals surface area contributed by atoms with Crippen LogP contribution in [0.2, 0.25) is 0 Å². The van der Waals surface area contributed by atoms with E-state index in [0.29, 0.717) is 27.7 Å². The fraction of sp³-hybridized carbons (Fsp3) is 0.0909. The van der Waals surface area contributed by atoms with Gasteiger partial charge in [-0.2, -0.15) is 10.4 Å². The molecule has 2 heterocycles. The highest BCUT2D eigenvalue weighted by atomic mass is 19.1. The van der Waals surface area contributed by atoms with Crippen LogP contribution in [0.3, 0.4) is 0 Å². The predicted octanol–water partition coefficient (Wildman–Crippen LogP) is 2.78. The van der Waals surface area contributed by atoms with E-state index >= 15 is 0 Å². The summed E-state index contributed by atoms with van der Waals surface area (Å²) in [6, 6.07) is 16.2. The summed E-state index contributed by atoms with van der Waals surface area (Å²) in [4.78, 5) is 24.7. The van der Waals surface area contributed by atoms with E-state index in [2.05, 4.69) is 10.4 Å². The van der Waals surface area contributed by atoms with Gasteiger partial charge in [-0.3, -0.25) is 9.59 Å². The lowest BCUT2D eigenvalue weighted by molar-refractivity contribution is 0.0952. The average molecular weight is 401 g/mol. The van der Waals surface area contributed by atoms with E-state index in [0.717, 1.165) is 0 Å². The van der Waals surface area contributed by atoms with E-state index in [1.807, 2.05) is 12.1 Å². The Morgan fingerprint density at radius 2 is 1.97 bits per heavy atom. The second-order valence-corrected chi connectivity index (χ2v) is 6.61. The maximum atomic E-state index is 13.2. The van der Waals surface area contributed by atoms with Crippen molar-refractivity contribution in [2.75, 3.05) is 0 Å². The van der Waals surface area contributed by atoms with Crippen molar-refractivity contribution in [3.63, 3.8) is 0 Å². The Balaban J connectivity index is 1.57. The molecule has 0 aliphatic carbocycles. The van der Waals surface area contributed by atoms with Gasteiger partial charge in [0.1, 0.15) is 12.4 Å². The number of carbonyl (C=O) groups excluding carboxylic acids is 1. The smallest absolute Gasteiger partial charge is 0.252 e. The molecule has 0 saturated heterocycles. The molecule has 2 aromatic carbocycles. The summed E-state index contributed by atoms with van der Waals surface area (Å²) >= 11 is 0. The van der Waals surface area contributed by atoms with Crippen molar-refractivity contribution in [2.24, 2.45) is 0 Å². The lowest BCUT2D eigenvalue weighted by Crippen LogP contribution is -2.25. The number of hydrogen-bond acceptors (Lipinski definition) is 4. The number of hydrogen-bond donors (Lipinski definition) is 1. The molecule has 8 heteroatoms. The van der Waals surface area contributed by atoms with Gasteiger partial charge in [-0.25, -0.2) is 9.07 Å². The zero-order chi connectivity index (χ0) is 21.1. The molecule has 0 spiro atoms. The number of rotatable bonds is 5. The molecule has 0 fully saturated rings. The van der Waals surface area contributed by atoms with Gasteiger partial charge in [-0.1, -0.05) is 6.07 Å². The van der Waals surface area contributed by atoms with E-state index in [1.165, 1.54) is 29.0 Å². The van der Waals surface area contributed by atoms with Crippen molar-refractivity contribution >= 4 is 16.8 Å². The molecule has 2 aromatic heterocycles. The fourth-order valence-electron chi connectivity index (χ4n) is 3.18. The molecule has 0 atom stereocenters. The number of nitrogens with zero attached hydrogens (tertiary/aromatic N) is 4. The lowest BCUT2D eigenvalue weighted by Gasteiger charge is -2.08. The number of halogens is 1. The first kappa shape index (κ1) is 19.1. The van der Waals surface area contributed by atoms with Crippen LogP contribution in [0.1, 0.15) is 15.9 Å². The SMILES string of the molecule is N#CCn1ccc(CNC(=O)c2cccc3c2cnn3-c2ccc(F)cc2)cc1=O. The molecular formula is C22H16FN5O2. The first-order chi connectivity index (χ1) is 14.6. The maximum absolute atomic E-state index is 13.2. The summed E-state index contributed by atoms with van der Waals surface area (Å²) in [7, 11) is 0. The highest BCUT2D eigenvalue weighted by Gasteiger charge is 2.14. The van der Waals surface area contributed by atoms with E-state index in [-0.39, 0.29) is 30.4 Å². The van der Waals surface area contributed by atoms with E-state index in [4.69, 9.17) is 5.26 Å². The number of fused-ring (bicyclic) bond motifs is 1. The van der Waals surface area contributed by atoms with Crippen LogP contribution in [-0.4, -0.2) is 20.3 Å². The third kappa shape index (κ3) is 3.69. The van der Waals surface area contributed by atoms with Crippen LogP contribution >= 0.6 is 0 Å². The zero-order valence-electron chi connectivity index (χ0n) is 15.7. The van der Waals surface area contributed by atoms with Crippen molar-refractivity contribution in [1.82, 2.24) is 19.7 Å². The summed E-state index contributed by atoms with van der Waals surface area (Å²) < 4.78 is 16.1. The van der Waals surface area contributed by atoms with Crippen molar-refractivity contribution in [2.45, 2.75) is 13.1 Å². The second kappa shape index (κ2) is 8.01. The molecule has 148 valence electrons. The highest BCUT2D eigenvalue weighted by Crippen LogP contribution is 2.22. The quantitative estimate of drug-likeness (QED) is 0.557. The zero-order valence-corrected chi connectivity index (χ0v) is 15.7. The number of amides is 1. The maximum Gasteiger partial charge on any atom is 0.252 e. The van der Waals surface area contributed by atoms with Gasteiger partial charge >= 0.3 is 0 Å². The molecule has 0 radical (unpaired) electrons. The minimum absolute atomic E-state index is 0.0223. The number of nitriles is 1. The highest BCUT2D eigenvalue weighted by molar-refractivity contribution is 6.06. The molecular weight excluding hydrogens is 385 g/mol. The van der Waals surface area contributed by atoms with Gasteiger partial charge in [-0.05, 0) is 48.0 Å². The van der Waals surface area contributed by atoms with Gasteiger partial charge in [-0.15, -0.1) is 0 Å². The van der Waals surface area contributed by atoms with Gasteiger partial charge in [0.2, 0.25) is 0 Å². The van der Waals surface area contributed by atoms with Gasteiger partial charge in [0.15, 0.2) is 0 Å².